The van der Waals surface area contributed by atoms with Crippen LogP contribution in [-0.4, -0.2) is 90.4 Å². The average molecular weight is 416 g/mol. The number of nitrogens with zero attached hydrogens (tertiary/aromatic N) is 5. The number of anilines is 1. The summed E-state index contributed by atoms with van der Waals surface area (Å²) in [6.07, 6.45) is 5.45. The number of piperazine rings is 1. The van der Waals surface area contributed by atoms with E-state index in [0.29, 0.717) is 18.9 Å². The van der Waals surface area contributed by atoms with E-state index < -0.39 is 0 Å². The van der Waals surface area contributed by atoms with Crippen LogP contribution in [0.3, 0.4) is 0 Å². The minimum atomic E-state index is 0.236. The Kier molecular flexibility index (Phi) is 8.49. The molecule has 0 unspecified atom stereocenters. The molecule has 1 aromatic rings. The van der Waals surface area contributed by atoms with Gasteiger partial charge in [0.25, 0.3) is 0 Å². The van der Waals surface area contributed by atoms with Crippen LogP contribution in [0.4, 0.5) is 5.82 Å². The standard InChI is InChI=1S/C23H37N5O2/c1-3-25(4-2)19-23(30)28-13-7-8-20(18-28)10-11-22(29)27-16-14-26(15-17-27)21-9-5-6-12-24-21/h5-6,9,12,20H,3-4,7-8,10-11,13-19H2,1-2H3/t20-/m0/s1. The van der Waals surface area contributed by atoms with Crippen molar-refractivity contribution >= 4 is 17.6 Å². The van der Waals surface area contributed by atoms with Crippen molar-refractivity contribution < 1.29 is 9.59 Å². The topological polar surface area (TPSA) is 60.0 Å². The summed E-state index contributed by atoms with van der Waals surface area (Å²) < 4.78 is 0. The third-order valence-electron chi connectivity index (χ3n) is 6.50. The van der Waals surface area contributed by atoms with Crippen molar-refractivity contribution in [1.29, 1.82) is 0 Å². The van der Waals surface area contributed by atoms with E-state index in [4.69, 9.17) is 0 Å². The van der Waals surface area contributed by atoms with Crippen molar-refractivity contribution in [3.8, 4) is 0 Å². The van der Waals surface area contributed by atoms with Crippen LogP contribution in [0.25, 0.3) is 0 Å². The number of carbonyl (C=O) groups is 2. The molecule has 166 valence electrons. The second kappa shape index (κ2) is 11.3. The van der Waals surface area contributed by atoms with E-state index in [1.165, 1.54) is 0 Å². The molecule has 1 aromatic heterocycles. The summed E-state index contributed by atoms with van der Waals surface area (Å²) in [5, 5.41) is 0. The number of likely N-dealkylation sites (N-methyl/N-ethyl adjacent to an activating group) is 1. The highest BCUT2D eigenvalue weighted by atomic mass is 16.2. The maximum Gasteiger partial charge on any atom is 0.236 e. The molecule has 0 spiro atoms. The van der Waals surface area contributed by atoms with E-state index in [0.717, 1.165) is 77.4 Å². The fourth-order valence-electron chi connectivity index (χ4n) is 4.48. The lowest BCUT2D eigenvalue weighted by Crippen LogP contribution is -2.49. The van der Waals surface area contributed by atoms with E-state index in [-0.39, 0.29) is 11.8 Å². The molecular weight excluding hydrogens is 378 g/mol. The van der Waals surface area contributed by atoms with Crippen LogP contribution in [0.2, 0.25) is 0 Å². The van der Waals surface area contributed by atoms with Crippen LogP contribution < -0.4 is 4.90 Å². The summed E-state index contributed by atoms with van der Waals surface area (Å²) in [5.41, 5.74) is 0. The Morgan fingerprint density at radius 1 is 1.03 bits per heavy atom. The number of piperidine rings is 1. The summed E-state index contributed by atoms with van der Waals surface area (Å²) in [6.45, 7) is 11.4. The Labute approximate surface area is 181 Å². The number of hydrogen-bond donors (Lipinski definition) is 0. The Morgan fingerprint density at radius 2 is 1.80 bits per heavy atom. The number of rotatable bonds is 8. The van der Waals surface area contributed by atoms with E-state index in [1.807, 2.05) is 34.2 Å². The molecule has 1 atom stereocenters. The molecule has 3 rings (SSSR count). The molecule has 0 radical (unpaired) electrons. The first-order valence-electron chi connectivity index (χ1n) is 11.5. The van der Waals surface area contributed by atoms with Gasteiger partial charge in [0.05, 0.1) is 6.54 Å². The largest absolute Gasteiger partial charge is 0.353 e. The van der Waals surface area contributed by atoms with Crippen molar-refractivity contribution in [1.82, 2.24) is 19.7 Å². The smallest absolute Gasteiger partial charge is 0.236 e. The van der Waals surface area contributed by atoms with Gasteiger partial charge in [-0.3, -0.25) is 14.5 Å². The molecule has 0 N–H and O–H groups in total. The first-order valence-corrected chi connectivity index (χ1v) is 11.5. The number of likely N-dealkylation sites (tertiary alicyclic amines) is 1. The molecule has 3 heterocycles. The first kappa shape index (κ1) is 22.5. The Morgan fingerprint density at radius 3 is 2.47 bits per heavy atom. The normalized spacial score (nSPS) is 20.0. The fourth-order valence-corrected chi connectivity index (χ4v) is 4.48. The Hall–Kier alpha value is -2.15. The molecule has 0 aromatic carbocycles. The number of pyridine rings is 1. The molecule has 7 heteroatoms. The molecule has 0 saturated carbocycles. The van der Waals surface area contributed by atoms with Crippen molar-refractivity contribution in [2.24, 2.45) is 5.92 Å². The lowest BCUT2D eigenvalue weighted by Gasteiger charge is -2.36. The average Bonchev–Trinajstić information content (AvgIpc) is 2.81. The molecule has 2 aliphatic heterocycles. The number of amides is 2. The van der Waals surface area contributed by atoms with Crippen molar-refractivity contribution in [2.75, 3.05) is 63.8 Å². The van der Waals surface area contributed by atoms with E-state index in [1.54, 1.807) is 0 Å². The van der Waals surface area contributed by atoms with Crippen LogP contribution in [-0.2, 0) is 9.59 Å². The molecule has 0 bridgehead atoms. The zero-order valence-electron chi connectivity index (χ0n) is 18.6. The van der Waals surface area contributed by atoms with E-state index >= 15 is 0 Å². The van der Waals surface area contributed by atoms with Gasteiger partial charge in [0.1, 0.15) is 5.82 Å². The monoisotopic (exact) mass is 415 g/mol. The summed E-state index contributed by atoms with van der Waals surface area (Å²) in [4.78, 5) is 38.2. The van der Waals surface area contributed by atoms with Gasteiger partial charge in [0.15, 0.2) is 0 Å². The molecule has 2 saturated heterocycles. The number of carbonyl (C=O) groups excluding carboxylic acids is 2. The molecule has 2 aliphatic rings. The molecule has 0 aliphatic carbocycles. The van der Waals surface area contributed by atoms with Crippen molar-refractivity contribution in [2.45, 2.75) is 39.5 Å². The molecule has 2 fully saturated rings. The summed E-state index contributed by atoms with van der Waals surface area (Å²) in [7, 11) is 0. The minimum absolute atomic E-state index is 0.236. The number of hydrogen-bond acceptors (Lipinski definition) is 5. The van der Waals surface area contributed by atoms with Crippen LogP contribution in [0, 0.1) is 5.92 Å². The lowest BCUT2D eigenvalue weighted by atomic mass is 9.93. The Bertz CT molecular complexity index is 671. The first-order chi connectivity index (χ1) is 14.6. The minimum Gasteiger partial charge on any atom is -0.353 e. The van der Waals surface area contributed by atoms with Crippen LogP contribution in [0.5, 0.6) is 0 Å². The molecule has 7 nitrogen and oxygen atoms in total. The zero-order chi connectivity index (χ0) is 21.3. The highest BCUT2D eigenvalue weighted by Crippen LogP contribution is 2.22. The molecule has 30 heavy (non-hydrogen) atoms. The SMILES string of the molecule is CCN(CC)CC(=O)N1CCC[C@@H](CCC(=O)N2CCN(c3ccccn3)CC2)C1. The maximum atomic E-state index is 12.7. The quantitative estimate of drug-likeness (QED) is 0.651. The molecule has 2 amide bonds. The van der Waals surface area contributed by atoms with Gasteiger partial charge in [-0.25, -0.2) is 4.98 Å². The van der Waals surface area contributed by atoms with Gasteiger partial charge in [-0.1, -0.05) is 19.9 Å². The van der Waals surface area contributed by atoms with E-state index in [2.05, 4.69) is 28.6 Å². The van der Waals surface area contributed by atoms with Gasteiger partial charge in [-0.05, 0) is 50.4 Å². The third-order valence-corrected chi connectivity index (χ3v) is 6.50. The highest BCUT2D eigenvalue weighted by molar-refractivity contribution is 5.78. The summed E-state index contributed by atoms with van der Waals surface area (Å²) >= 11 is 0. The van der Waals surface area contributed by atoms with Crippen LogP contribution in [0.15, 0.2) is 24.4 Å². The van der Waals surface area contributed by atoms with Crippen LogP contribution >= 0.6 is 0 Å². The van der Waals surface area contributed by atoms with Gasteiger partial charge in [0.2, 0.25) is 11.8 Å². The van der Waals surface area contributed by atoms with Gasteiger partial charge in [-0.15, -0.1) is 0 Å². The predicted molar refractivity (Wildman–Crippen MR) is 119 cm³/mol. The summed E-state index contributed by atoms with van der Waals surface area (Å²) in [5.74, 6) is 1.92. The summed E-state index contributed by atoms with van der Waals surface area (Å²) in [6, 6.07) is 5.95. The maximum absolute atomic E-state index is 12.7. The number of aromatic nitrogens is 1. The predicted octanol–water partition coefficient (Wildman–Crippen LogP) is 2.09. The third kappa shape index (κ3) is 6.17. The fraction of sp³-hybridized carbons (Fsp3) is 0.696. The zero-order valence-corrected chi connectivity index (χ0v) is 18.6. The van der Waals surface area contributed by atoms with Crippen LogP contribution in [0.1, 0.15) is 39.5 Å². The second-order valence-corrected chi connectivity index (χ2v) is 8.40. The van der Waals surface area contributed by atoms with Gasteiger partial charge < -0.3 is 14.7 Å². The molecular formula is C23H37N5O2. The van der Waals surface area contributed by atoms with Gasteiger partial charge in [-0.2, -0.15) is 0 Å². The Balaban J connectivity index is 1.40. The lowest BCUT2D eigenvalue weighted by molar-refractivity contribution is -0.134. The second-order valence-electron chi connectivity index (χ2n) is 8.40. The highest BCUT2D eigenvalue weighted by Gasteiger charge is 2.26. The van der Waals surface area contributed by atoms with Gasteiger partial charge in [0, 0.05) is 51.9 Å². The van der Waals surface area contributed by atoms with E-state index in [9.17, 15) is 9.59 Å². The van der Waals surface area contributed by atoms with Gasteiger partial charge >= 0.3 is 0 Å². The van der Waals surface area contributed by atoms with Crippen molar-refractivity contribution in [3.63, 3.8) is 0 Å². The van der Waals surface area contributed by atoms with Crippen molar-refractivity contribution in [3.05, 3.63) is 24.4 Å².